The molecule has 3 aromatic rings. The Labute approximate surface area is 180 Å². The lowest BCUT2D eigenvalue weighted by atomic mass is 10.0. The molecular weight excluding hydrogens is 396 g/mol. The maximum Gasteiger partial charge on any atom is 0.241 e. The van der Waals surface area contributed by atoms with Crippen molar-refractivity contribution in [3.05, 3.63) is 64.6 Å². The summed E-state index contributed by atoms with van der Waals surface area (Å²) in [7, 11) is 0. The fourth-order valence-corrected chi connectivity index (χ4v) is 4.53. The molecule has 4 rings (SSSR count). The maximum absolute atomic E-state index is 13.0. The molecule has 2 aromatic heterocycles. The number of carbonyl (C=O) groups is 1. The second-order valence-electron chi connectivity index (χ2n) is 7.23. The molecule has 1 atom stereocenters. The number of hydrogen-bond acceptors (Lipinski definition) is 5. The van der Waals surface area contributed by atoms with Crippen LogP contribution < -0.4 is 5.32 Å². The average molecular weight is 421 g/mol. The molecule has 0 aliphatic carbocycles. The number of carbonyl (C=O) groups excluding carboxylic acids is 1. The number of rotatable bonds is 5. The highest BCUT2D eigenvalue weighted by Crippen LogP contribution is 2.24. The van der Waals surface area contributed by atoms with Crippen molar-refractivity contribution < 1.29 is 9.90 Å². The molecule has 0 spiro atoms. The van der Waals surface area contributed by atoms with Crippen molar-refractivity contribution in [1.29, 1.82) is 0 Å². The van der Waals surface area contributed by atoms with E-state index >= 15 is 0 Å². The third kappa shape index (κ3) is 4.97. The SMILES string of the molecule is O=C(Nc1ccc(-n2cccn2)cc1)[C@@H]1CCCCN1Cc1cc(C#CCO)cs1. The Kier molecular flexibility index (Phi) is 6.60. The molecule has 1 fully saturated rings. The molecule has 1 aliphatic heterocycles. The van der Waals surface area contributed by atoms with Gasteiger partial charge in [-0.3, -0.25) is 9.69 Å². The lowest BCUT2D eigenvalue weighted by Crippen LogP contribution is -2.46. The number of likely N-dealkylation sites (tertiary alicyclic amines) is 1. The zero-order valence-corrected chi connectivity index (χ0v) is 17.4. The summed E-state index contributed by atoms with van der Waals surface area (Å²) in [5.41, 5.74) is 2.66. The first-order valence-corrected chi connectivity index (χ1v) is 10.9. The molecule has 154 valence electrons. The van der Waals surface area contributed by atoms with Gasteiger partial charge in [0.2, 0.25) is 5.91 Å². The number of aliphatic hydroxyl groups excluding tert-OH is 1. The van der Waals surface area contributed by atoms with E-state index in [9.17, 15) is 4.79 Å². The molecule has 7 heteroatoms. The van der Waals surface area contributed by atoms with E-state index in [1.165, 1.54) is 4.88 Å². The van der Waals surface area contributed by atoms with Crippen LogP contribution in [-0.2, 0) is 11.3 Å². The van der Waals surface area contributed by atoms with Gasteiger partial charge >= 0.3 is 0 Å². The molecular formula is C23H24N4O2S. The first-order chi connectivity index (χ1) is 14.7. The number of hydrogen-bond donors (Lipinski definition) is 2. The lowest BCUT2D eigenvalue weighted by molar-refractivity contribution is -0.122. The van der Waals surface area contributed by atoms with Gasteiger partial charge in [0, 0.05) is 40.4 Å². The van der Waals surface area contributed by atoms with Gasteiger partial charge in [-0.15, -0.1) is 11.3 Å². The number of anilines is 1. The summed E-state index contributed by atoms with van der Waals surface area (Å²) in [6.07, 6.45) is 6.65. The number of nitrogens with zero attached hydrogens (tertiary/aromatic N) is 3. The minimum Gasteiger partial charge on any atom is -0.384 e. The number of piperidine rings is 1. The Hall–Kier alpha value is -2.92. The van der Waals surface area contributed by atoms with Gasteiger partial charge in [0.15, 0.2) is 0 Å². The fourth-order valence-electron chi connectivity index (χ4n) is 3.69. The fraction of sp³-hybridized carbons (Fsp3) is 0.304. The van der Waals surface area contributed by atoms with Gasteiger partial charge < -0.3 is 10.4 Å². The molecule has 0 radical (unpaired) electrons. The standard InChI is InChI=1S/C23H24N4O2S/c28-14-3-5-18-15-21(30-17-18)16-26-12-2-1-6-22(26)23(29)25-19-7-9-20(10-8-19)27-13-4-11-24-27/h4,7-11,13,15,17,22,28H,1-2,6,12,14,16H2,(H,25,29)/t22-/m0/s1. The molecule has 6 nitrogen and oxygen atoms in total. The molecule has 1 amide bonds. The quantitative estimate of drug-likeness (QED) is 0.622. The summed E-state index contributed by atoms with van der Waals surface area (Å²) in [5.74, 6) is 5.66. The highest BCUT2D eigenvalue weighted by atomic mass is 32.1. The highest BCUT2D eigenvalue weighted by Gasteiger charge is 2.29. The summed E-state index contributed by atoms with van der Waals surface area (Å²) in [6.45, 7) is 1.51. The second kappa shape index (κ2) is 9.72. The number of aromatic nitrogens is 2. The van der Waals surface area contributed by atoms with Crippen molar-refractivity contribution >= 4 is 22.9 Å². The predicted octanol–water partition coefficient (Wildman–Crippen LogP) is 3.27. The van der Waals surface area contributed by atoms with Gasteiger partial charge in [0.25, 0.3) is 0 Å². The molecule has 1 aromatic carbocycles. The topological polar surface area (TPSA) is 70.4 Å². The van der Waals surface area contributed by atoms with E-state index in [0.717, 1.165) is 49.3 Å². The van der Waals surface area contributed by atoms with Crippen molar-refractivity contribution in [2.24, 2.45) is 0 Å². The van der Waals surface area contributed by atoms with Crippen molar-refractivity contribution in [1.82, 2.24) is 14.7 Å². The van der Waals surface area contributed by atoms with E-state index in [1.54, 1.807) is 22.2 Å². The third-order valence-corrected chi connectivity index (χ3v) is 6.07. The number of benzene rings is 1. The normalized spacial score (nSPS) is 16.6. The molecule has 1 saturated heterocycles. The van der Waals surface area contributed by atoms with Crippen LogP contribution in [0.15, 0.2) is 54.2 Å². The van der Waals surface area contributed by atoms with E-state index < -0.39 is 0 Å². The molecule has 3 heterocycles. The van der Waals surface area contributed by atoms with Crippen molar-refractivity contribution in [2.45, 2.75) is 31.8 Å². The van der Waals surface area contributed by atoms with Crippen LogP contribution in [0.2, 0.25) is 0 Å². The summed E-state index contributed by atoms with van der Waals surface area (Å²) >= 11 is 1.65. The minimum atomic E-state index is -0.140. The van der Waals surface area contributed by atoms with E-state index in [4.69, 9.17) is 5.11 Å². The molecule has 0 unspecified atom stereocenters. The molecule has 2 N–H and O–H groups in total. The largest absolute Gasteiger partial charge is 0.384 e. The van der Waals surface area contributed by atoms with Gasteiger partial charge in [0.1, 0.15) is 6.61 Å². The molecule has 0 saturated carbocycles. The van der Waals surface area contributed by atoms with E-state index in [2.05, 4.69) is 27.2 Å². The summed E-state index contributed by atoms with van der Waals surface area (Å²) < 4.78 is 1.79. The molecule has 0 bridgehead atoms. The summed E-state index contributed by atoms with van der Waals surface area (Å²) in [4.78, 5) is 16.4. The first-order valence-electron chi connectivity index (χ1n) is 10.0. The Morgan fingerprint density at radius 2 is 2.17 bits per heavy atom. The zero-order chi connectivity index (χ0) is 20.8. The monoisotopic (exact) mass is 420 g/mol. The van der Waals surface area contributed by atoms with Crippen molar-refractivity contribution in [2.75, 3.05) is 18.5 Å². The number of amides is 1. The van der Waals surface area contributed by atoms with Gasteiger partial charge in [-0.2, -0.15) is 5.10 Å². The van der Waals surface area contributed by atoms with Gasteiger partial charge in [0.05, 0.1) is 11.7 Å². The summed E-state index contributed by atoms with van der Waals surface area (Å²) in [6, 6.07) is 11.5. The van der Waals surface area contributed by atoms with Crippen LogP contribution in [0.5, 0.6) is 0 Å². The van der Waals surface area contributed by atoms with Gasteiger partial charge in [-0.05, 0) is 55.8 Å². The Bertz CT molecular complexity index is 1030. The van der Waals surface area contributed by atoms with Crippen LogP contribution in [0.1, 0.15) is 29.7 Å². The van der Waals surface area contributed by atoms with Crippen LogP contribution in [0.3, 0.4) is 0 Å². The van der Waals surface area contributed by atoms with Gasteiger partial charge in [-0.1, -0.05) is 18.3 Å². The van der Waals surface area contributed by atoms with Crippen LogP contribution in [0, 0.1) is 11.8 Å². The molecule has 1 aliphatic rings. The van der Waals surface area contributed by atoms with E-state index in [-0.39, 0.29) is 18.6 Å². The van der Waals surface area contributed by atoms with Crippen molar-refractivity contribution in [3.63, 3.8) is 0 Å². The number of nitrogens with one attached hydrogen (secondary N) is 1. The van der Waals surface area contributed by atoms with Crippen LogP contribution in [0.25, 0.3) is 5.69 Å². The minimum absolute atomic E-state index is 0.0402. The highest BCUT2D eigenvalue weighted by molar-refractivity contribution is 7.10. The molecule has 30 heavy (non-hydrogen) atoms. The zero-order valence-electron chi connectivity index (χ0n) is 16.6. The first kappa shape index (κ1) is 20.4. The maximum atomic E-state index is 13.0. The van der Waals surface area contributed by atoms with Crippen LogP contribution in [0.4, 0.5) is 5.69 Å². The van der Waals surface area contributed by atoms with E-state index in [1.807, 2.05) is 48.0 Å². The average Bonchev–Trinajstić information content (AvgIpc) is 3.45. The smallest absolute Gasteiger partial charge is 0.241 e. The summed E-state index contributed by atoms with van der Waals surface area (Å²) in [5, 5.41) is 18.1. The predicted molar refractivity (Wildman–Crippen MR) is 119 cm³/mol. The van der Waals surface area contributed by atoms with E-state index in [0.29, 0.717) is 0 Å². The Morgan fingerprint density at radius 1 is 1.30 bits per heavy atom. The Morgan fingerprint density at radius 3 is 2.93 bits per heavy atom. The van der Waals surface area contributed by atoms with Crippen molar-refractivity contribution in [3.8, 4) is 17.5 Å². The van der Waals surface area contributed by atoms with Gasteiger partial charge in [-0.25, -0.2) is 4.68 Å². The van der Waals surface area contributed by atoms with Crippen LogP contribution in [-0.4, -0.2) is 44.9 Å². The third-order valence-electron chi connectivity index (χ3n) is 5.14. The number of aliphatic hydroxyl groups is 1. The number of thiophene rings is 1. The Balaban J connectivity index is 1.40. The lowest BCUT2D eigenvalue weighted by Gasteiger charge is -2.34. The van der Waals surface area contributed by atoms with Crippen LogP contribution >= 0.6 is 11.3 Å². The second-order valence-corrected chi connectivity index (χ2v) is 8.23.